The van der Waals surface area contributed by atoms with Gasteiger partial charge in [0.2, 0.25) is 5.91 Å². The van der Waals surface area contributed by atoms with Crippen LogP contribution in [0.2, 0.25) is 5.02 Å². The molecule has 1 heterocycles. The first-order valence-corrected chi connectivity index (χ1v) is 14.6. The standard InChI is InChI=1S/C31H37ClN2O6S/c1-8-9-12-40-28(38)20-16-19(10-11-23(20)32)33-25(35)17-34-27(37)24(41-29(34)39)15-18-13-21(30(2,3)4)26(36)22(14-18)31(5,6)7/h10-11,13-16,36H,8-9,12,17H2,1-7H3,(H,33,35)/b24-15-. The van der Waals surface area contributed by atoms with Crippen molar-refractivity contribution in [1.82, 2.24) is 4.90 Å². The molecule has 0 bridgehead atoms. The number of phenols is 1. The van der Waals surface area contributed by atoms with Gasteiger partial charge in [-0.2, -0.15) is 0 Å². The number of imide groups is 1. The molecule has 0 aromatic heterocycles. The number of unbranched alkanes of at least 4 members (excludes halogenated alkanes) is 1. The Morgan fingerprint density at radius 2 is 1.66 bits per heavy atom. The van der Waals surface area contributed by atoms with E-state index in [2.05, 4.69) is 5.32 Å². The smallest absolute Gasteiger partial charge is 0.339 e. The van der Waals surface area contributed by atoms with Gasteiger partial charge < -0.3 is 15.2 Å². The van der Waals surface area contributed by atoms with Crippen LogP contribution in [0.4, 0.5) is 10.5 Å². The van der Waals surface area contributed by atoms with E-state index in [0.29, 0.717) is 12.0 Å². The molecule has 1 aliphatic heterocycles. The summed E-state index contributed by atoms with van der Waals surface area (Å²) in [6, 6.07) is 8.01. The van der Waals surface area contributed by atoms with E-state index >= 15 is 0 Å². The molecular weight excluding hydrogens is 564 g/mol. The van der Waals surface area contributed by atoms with Crippen molar-refractivity contribution in [2.75, 3.05) is 18.5 Å². The molecule has 0 aliphatic carbocycles. The summed E-state index contributed by atoms with van der Waals surface area (Å²) in [6.07, 6.45) is 3.20. The molecule has 10 heteroatoms. The number of esters is 1. The predicted octanol–water partition coefficient (Wildman–Crippen LogP) is 7.27. The van der Waals surface area contributed by atoms with Gasteiger partial charge in [-0.25, -0.2) is 4.79 Å². The number of ether oxygens (including phenoxy) is 1. The molecule has 220 valence electrons. The summed E-state index contributed by atoms with van der Waals surface area (Å²) in [6.45, 7) is 13.7. The first-order valence-electron chi connectivity index (χ1n) is 13.4. The van der Waals surface area contributed by atoms with Crippen LogP contribution in [0.5, 0.6) is 5.75 Å². The topological polar surface area (TPSA) is 113 Å². The molecule has 1 fully saturated rings. The first kappa shape index (κ1) is 32.2. The summed E-state index contributed by atoms with van der Waals surface area (Å²) in [7, 11) is 0. The second kappa shape index (κ2) is 12.7. The normalized spacial score (nSPS) is 15.0. The van der Waals surface area contributed by atoms with Gasteiger partial charge in [0.1, 0.15) is 12.3 Å². The maximum Gasteiger partial charge on any atom is 0.339 e. The molecular formula is C31H37ClN2O6S. The maximum absolute atomic E-state index is 13.2. The number of thioether (sulfide) groups is 1. The Hall–Kier alpha value is -3.30. The number of rotatable bonds is 8. The van der Waals surface area contributed by atoms with E-state index in [-0.39, 0.29) is 44.4 Å². The number of anilines is 1. The monoisotopic (exact) mass is 600 g/mol. The summed E-state index contributed by atoms with van der Waals surface area (Å²) in [5.74, 6) is -1.59. The van der Waals surface area contributed by atoms with E-state index in [1.165, 1.54) is 18.2 Å². The van der Waals surface area contributed by atoms with Gasteiger partial charge in [0.25, 0.3) is 11.1 Å². The van der Waals surface area contributed by atoms with Gasteiger partial charge in [-0.05, 0) is 71.0 Å². The molecule has 0 atom stereocenters. The number of carbonyl (C=O) groups is 4. The summed E-state index contributed by atoms with van der Waals surface area (Å²) >= 11 is 6.89. The number of aromatic hydroxyl groups is 1. The fourth-order valence-electron chi connectivity index (χ4n) is 4.16. The molecule has 0 spiro atoms. The van der Waals surface area contributed by atoms with Gasteiger partial charge in [-0.1, -0.05) is 66.5 Å². The highest BCUT2D eigenvalue weighted by atomic mass is 35.5. The van der Waals surface area contributed by atoms with Crippen molar-refractivity contribution in [1.29, 1.82) is 0 Å². The third kappa shape index (κ3) is 7.92. The van der Waals surface area contributed by atoms with Crippen LogP contribution < -0.4 is 5.32 Å². The minimum absolute atomic E-state index is 0.104. The van der Waals surface area contributed by atoms with Crippen molar-refractivity contribution in [3.63, 3.8) is 0 Å². The zero-order chi connectivity index (χ0) is 30.7. The Balaban J connectivity index is 1.79. The van der Waals surface area contributed by atoms with Crippen molar-refractivity contribution >= 4 is 58.1 Å². The number of benzene rings is 2. The number of nitrogens with one attached hydrogen (secondary N) is 1. The van der Waals surface area contributed by atoms with E-state index in [0.717, 1.165) is 34.2 Å². The number of halogens is 1. The number of hydrogen-bond donors (Lipinski definition) is 2. The van der Waals surface area contributed by atoms with E-state index < -0.39 is 29.6 Å². The highest BCUT2D eigenvalue weighted by molar-refractivity contribution is 8.18. The second-order valence-corrected chi connectivity index (χ2v) is 13.4. The van der Waals surface area contributed by atoms with Crippen LogP contribution in [0.25, 0.3) is 6.08 Å². The molecule has 3 rings (SSSR count). The third-order valence-corrected chi connectivity index (χ3v) is 7.66. The zero-order valence-electron chi connectivity index (χ0n) is 24.5. The van der Waals surface area contributed by atoms with Crippen LogP contribution in [0, 0.1) is 0 Å². The van der Waals surface area contributed by atoms with E-state index in [1.54, 1.807) is 6.08 Å². The number of hydrogen-bond acceptors (Lipinski definition) is 7. The van der Waals surface area contributed by atoms with Crippen LogP contribution >= 0.6 is 23.4 Å². The van der Waals surface area contributed by atoms with E-state index in [4.69, 9.17) is 16.3 Å². The van der Waals surface area contributed by atoms with Crippen LogP contribution in [-0.4, -0.2) is 46.2 Å². The van der Waals surface area contributed by atoms with Crippen LogP contribution in [0.3, 0.4) is 0 Å². The lowest BCUT2D eigenvalue weighted by Crippen LogP contribution is -2.36. The van der Waals surface area contributed by atoms with Gasteiger partial charge in [0, 0.05) is 16.8 Å². The largest absolute Gasteiger partial charge is 0.507 e. The lowest BCUT2D eigenvalue weighted by atomic mass is 9.78. The molecule has 3 amide bonds. The summed E-state index contributed by atoms with van der Waals surface area (Å²) in [5.41, 5.74) is 1.79. The van der Waals surface area contributed by atoms with Crippen molar-refractivity contribution in [2.45, 2.75) is 72.1 Å². The minimum atomic E-state index is -0.615. The molecule has 0 saturated carbocycles. The Morgan fingerprint density at radius 3 is 2.22 bits per heavy atom. The van der Waals surface area contributed by atoms with Crippen LogP contribution in [0.15, 0.2) is 35.2 Å². The molecule has 1 aliphatic rings. The maximum atomic E-state index is 13.2. The summed E-state index contributed by atoms with van der Waals surface area (Å²) < 4.78 is 5.21. The lowest BCUT2D eigenvalue weighted by Gasteiger charge is -2.28. The Morgan fingerprint density at radius 1 is 1.05 bits per heavy atom. The zero-order valence-corrected chi connectivity index (χ0v) is 26.1. The number of carbonyl (C=O) groups excluding carboxylic acids is 4. The minimum Gasteiger partial charge on any atom is -0.507 e. The lowest BCUT2D eigenvalue weighted by molar-refractivity contribution is -0.127. The molecule has 41 heavy (non-hydrogen) atoms. The molecule has 2 aromatic carbocycles. The molecule has 0 unspecified atom stereocenters. The number of phenolic OH excluding ortho intramolecular Hbond substituents is 1. The quantitative estimate of drug-likeness (QED) is 0.186. The van der Waals surface area contributed by atoms with Gasteiger partial charge >= 0.3 is 5.97 Å². The summed E-state index contributed by atoms with van der Waals surface area (Å²) in [4.78, 5) is 52.1. The third-order valence-electron chi connectivity index (χ3n) is 6.42. The predicted molar refractivity (Wildman–Crippen MR) is 163 cm³/mol. The highest BCUT2D eigenvalue weighted by Crippen LogP contribution is 2.41. The molecule has 2 aromatic rings. The second-order valence-electron chi connectivity index (χ2n) is 12.0. The van der Waals surface area contributed by atoms with Gasteiger partial charge in [0.05, 0.1) is 22.1 Å². The fraction of sp³-hybridized carbons (Fsp3) is 0.419. The van der Waals surface area contributed by atoms with Gasteiger partial charge in [0.15, 0.2) is 0 Å². The molecule has 0 radical (unpaired) electrons. The average Bonchev–Trinajstić information content (AvgIpc) is 3.12. The number of amides is 3. The summed E-state index contributed by atoms with van der Waals surface area (Å²) in [5, 5.41) is 13.2. The fourth-order valence-corrected chi connectivity index (χ4v) is 5.19. The van der Waals surface area contributed by atoms with Crippen LogP contribution in [0.1, 0.15) is 88.4 Å². The van der Waals surface area contributed by atoms with Crippen molar-refractivity contribution in [3.05, 3.63) is 62.5 Å². The average molecular weight is 601 g/mol. The SMILES string of the molecule is CCCCOC(=O)c1cc(NC(=O)CN2C(=O)S/C(=C\c3cc(C(C)(C)C)c(O)c(C(C)(C)C)c3)C2=O)ccc1Cl. The Labute approximate surface area is 250 Å². The van der Waals surface area contributed by atoms with Crippen LogP contribution in [-0.2, 0) is 25.2 Å². The van der Waals surface area contributed by atoms with Crippen molar-refractivity contribution < 1.29 is 29.0 Å². The molecule has 2 N–H and O–H groups in total. The van der Waals surface area contributed by atoms with Gasteiger partial charge in [-0.3, -0.25) is 19.3 Å². The van der Waals surface area contributed by atoms with Crippen molar-refractivity contribution in [2.24, 2.45) is 0 Å². The van der Waals surface area contributed by atoms with Gasteiger partial charge in [-0.15, -0.1) is 0 Å². The van der Waals surface area contributed by atoms with E-state index in [9.17, 15) is 24.3 Å². The van der Waals surface area contributed by atoms with E-state index in [1.807, 2.05) is 60.6 Å². The highest BCUT2D eigenvalue weighted by Gasteiger charge is 2.37. The molecule has 8 nitrogen and oxygen atoms in total. The first-order chi connectivity index (χ1) is 19.0. The Kier molecular flexibility index (Phi) is 9.98. The Bertz CT molecular complexity index is 1370. The van der Waals surface area contributed by atoms with Crippen molar-refractivity contribution in [3.8, 4) is 5.75 Å². The number of nitrogens with zero attached hydrogens (tertiary/aromatic N) is 1. The molecule has 1 saturated heterocycles.